The van der Waals surface area contributed by atoms with E-state index in [4.69, 9.17) is 5.11 Å². The molecule has 20 heavy (non-hydrogen) atoms. The third-order valence-electron chi connectivity index (χ3n) is 5.74. The minimum Gasteiger partial charge on any atom is -0.478 e. The molecule has 2 atom stereocenters. The lowest BCUT2D eigenvalue weighted by Gasteiger charge is -2.65. The number of hydrogen-bond acceptors (Lipinski definition) is 2. The van der Waals surface area contributed by atoms with Crippen molar-refractivity contribution in [1.29, 1.82) is 0 Å². The Kier molecular flexibility index (Phi) is 3.06. The molecule has 0 amide bonds. The van der Waals surface area contributed by atoms with E-state index in [9.17, 15) is 4.79 Å². The van der Waals surface area contributed by atoms with Gasteiger partial charge in [0.2, 0.25) is 0 Å². The van der Waals surface area contributed by atoms with Crippen LogP contribution in [0.15, 0.2) is 11.6 Å². The molecule has 0 aromatic heterocycles. The number of rotatable bonds is 4. The second-order valence-corrected chi connectivity index (χ2v) is 8.59. The fraction of sp³-hybridized carbons (Fsp3) is 0.824. The second-order valence-electron chi connectivity index (χ2n) is 8.59. The molecule has 0 aromatic rings. The smallest absolute Gasteiger partial charge is 0.328 e. The molecule has 0 aromatic carbocycles. The minimum atomic E-state index is -0.839. The van der Waals surface area contributed by atoms with Crippen molar-refractivity contribution in [1.82, 2.24) is 5.32 Å². The number of hydrogen-bond donors (Lipinski definition) is 2. The van der Waals surface area contributed by atoms with Gasteiger partial charge in [-0.05, 0) is 62.2 Å². The zero-order valence-corrected chi connectivity index (χ0v) is 13.0. The van der Waals surface area contributed by atoms with Crippen molar-refractivity contribution in [3.05, 3.63) is 11.6 Å². The first-order valence-corrected chi connectivity index (χ1v) is 7.87. The van der Waals surface area contributed by atoms with E-state index in [0.29, 0.717) is 17.4 Å². The molecule has 4 fully saturated rings. The molecule has 4 saturated carbocycles. The molecule has 4 aliphatic carbocycles. The van der Waals surface area contributed by atoms with Gasteiger partial charge in [-0.15, -0.1) is 0 Å². The molecule has 3 nitrogen and oxygen atoms in total. The lowest BCUT2D eigenvalue weighted by Crippen LogP contribution is -2.64. The predicted octanol–water partition coefficient (Wildman–Crippen LogP) is 3.36. The number of carbonyl (C=O) groups is 1. The zero-order valence-electron chi connectivity index (χ0n) is 13.0. The molecule has 4 aliphatic rings. The first-order chi connectivity index (χ1) is 9.22. The number of carboxylic acids is 1. The van der Waals surface area contributed by atoms with Crippen LogP contribution in [0.3, 0.4) is 0 Å². The quantitative estimate of drug-likeness (QED) is 0.775. The second kappa shape index (κ2) is 4.33. The van der Waals surface area contributed by atoms with Gasteiger partial charge in [-0.1, -0.05) is 19.4 Å². The van der Waals surface area contributed by atoms with Crippen molar-refractivity contribution < 1.29 is 9.90 Å². The van der Waals surface area contributed by atoms with Crippen molar-refractivity contribution in [2.75, 3.05) is 6.54 Å². The lowest BCUT2D eigenvalue weighted by atomic mass is 9.43. The van der Waals surface area contributed by atoms with E-state index in [1.165, 1.54) is 44.6 Å². The maximum Gasteiger partial charge on any atom is 0.328 e. The highest BCUT2D eigenvalue weighted by atomic mass is 16.4. The monoisotopic (exact) mass is 277 g/mol. The molecular formula is C17H27NO2. The van der Waals surface area contributed by atoms with Gasteiger partial charge in [0.05, 0.1) is 0 Å². The van der Waals surface area contributed by atoms with Crippen molar-refractivity contribution in [3.8, 4) is 0 Å². The largest absolute Gasteiger partial charge is 0.478 e. The first kappa shape index (κ1) is 14.1. The Bertz CT molecular complexity index is 450. The molecule has 112 valence electrons. The van der Waals surface area contributed by atoms with E-state index in [2.05, 4.69) is 19.2 Å². The summed E-state index contributed by atoms with van der Waals surface area (Å²) in [6.45, 7) is 7.55. The van der Waals surface area contributed by atoms with Crippen LogP contribution in [0.4, 0.5) is 0 Å². The highest BCUT2D eigenvalue weighted by Crippen LogP contribution is 2.66. The van der Waals surface area contributed by atoms with Crippen LogP contribution in [0.2, 0.25) is 0 Å². The van der Waals surface area contributed by atoms with Gasteiger partial charge in [0.1, 0.15) is 0 Å². The first-order valence-electron chi connectivity index (χ1n) is 7.87. The topological polar surface area (TPSA) is 49.3 Å². The maximum atomic E-state index is 10.7. The number of nitrogens with one attached hydrogen (secondary N) is 1. The molecule has 4 rings (SSSR count). The van der Waals surface area contributed by atoms with Crippen LogP contribution < -0.4 is 5.32 Å². The van der Waals surface area contributed by atoms with Gasteiger partial charge in [0, 0.05) is 18.2 Å². The van der Waals surface area contributed by atoms with E-state index in [-0.39, 0.29) is 5.54 Å². The molecular weight excluding hydrogens is 250 g/mol. The summed E-state index contributed by atoms with van der Waals surface area (Å²) in [7, 11) is 0. The Morgan fingerprint density at radius 3 is 2.30 bits per heavy atom. The molecule has 3 heteroatoms. The number of carboxylic acid groups (broad SMARTS) is 1. The fourth-order valence-electron chi connectivity index (χ4n) is 6.23. The molecule has 0 aliphatic heterocycles. The summed E-state index contributed by atoms with van der Waals surface area (Å²) in [5.41, 5.74) is 2.19. The Balaban J connectivity index is 1.74. The molecule has 0 radical (unpaired) electrons. The Hall–Kier alpha value is -0.830. The van der Waals surface area contributed by atoms with Crippen LogP contribution in [0, 0.1) is 16.7 Å². The average Bonchev–Trinajstić information content (AvgIpc) is 2.20. The van der Waals surface area contributed by atoms with Crippen molar-refractivity contribution in [2.45, 2.75) is 64.8 Å². The van der Waals surface area contributed by atoms with E-state index in [1.807, 2.05) is 6.92 Å². The lowest BCUT2D eigenvalue weighted by molar-refractivity contribution is -0.131. The minimum absolute atomic E-state index is 0.260. The molecule has 4 bridgehead atoms. The van der Waals surface area contributed by atoms with Crippen LogP contribution in [-0.4, -0.2) is 23.2 Å². The van der Waals surface area contributed by atoms with Gasteiger partial charge in [0.15, 0.2) is 0 Å². The summed E-state index contributed by atoms with van der Waals surface area (Å²) in [4.78, 5) is 10.7. The summed E-state index contributed by atoms with van der Waals surface area (Å²) in [6, 6.07) is 0. The predicted molar refractivity (Wildman–Crippen MR) is 79.5 cm³/mol. The van der Waals surface area contributed by atoms with E-state index in [0.717, 1.165) is 11.5 Å². The summed E-state index contributed by atoms with van der Waals surface area (Å²) in [5, 5.41) is 12.6. The van der Waals surface area contributed by atoms with Crippen LogP contribution in [0.25, 0.3) is 0 Å². The van der Waals surface area contributed by atoms with Crippen LogP contribution in [-0.2, 0) is 4.79 Å². The van der Waals surface area contributed by atoms with E-state index < -0.39 is 5.97 Å². The summed E-state index contributed by atoms with van der Waals surface area (Å²) < 4.78 is 0. The Morgan fingerprint density at radius 1 is 1.20 bits per heavy atom. The van der Waals surface area contributed by atoms with Crippen LogP contribution >= 0.6 is 0 Å². The van der Waals surface area contributed by atoms with Crippen molar-refractivity contribution in [2.24, 2.45) is 16.7 Å². The molecule has 2 N–H and O–H groups in total. The van der Waals surface area contributed by atoms with Crippen molar-refractivity contribution in [3.63, 3.8) is 0 Å². The maximum absolute atomic E-state index is 10.7. The normalized spacial score (nSPS) is 46.8. The van der Waals surface area contributed by atoms with Crippen molar-refractivity contribution >= 4 is 5.97 Å². The fourth-order valence-corrected chi connectivity index (χ4v) is 6.23. The molecule has 0 spiro atoms. The Labute approximate surface area is 121 Å². The molecule has 0 saturated heterocycles. The highest BCUT2D eigenvalue weighted by molar-refractivity contribution is 5.80. The van der Waals surface area contributed by atoms with Gasteiger partial charge in [-0.3, -0.25) is 0 Å². The average molecular weight is 277 g/mol. The van der Waals surface area contributed by atoms with Gasteiger partial charge in [-0.2, -0.15) is 0 Å². The highest BCUT2D eigenvalue weighted by Gasteiger charge is 2.59. The summed E-state index contributed by atoms with van der Waals surface area (Å²) in [5.74, 6) is 0.0336. The van der Waals surface area contributed by atoms with Gasteiger partial charge >= 0.3 is 5.97 Å². The summed E-state index contributed by atoms with van der Waals surface area (Å²) in [6.07, 6.45) is 9.34. The zero-order chi connectivity index (χ0) is 14.6. The van der Waals surface area contributed by atoms with Gasteiger partial charge in [-0.25, -0.2) is 4.79 Å². The summed E-state index contributed by atoms with van der Waals surface area (Å²) >= 11 is 0. The standard InChI is InChI=1S/C17H27NO2/c1-12(4-14(19)20)8-18-17-7-13-5-15(2,10-17)9-16(3,6-13)11-17/h4,13,18H,5-11H2,1-3H3,(H,19,20). The molecule has 2 unspecified atom stereocenters. The molecule has 0 heterocycles. The van der Waals surface area contributed by atoms with Crippen LogP contribution in [0.1, 0.15) is 59.3 Å². The Morgan fingerprint density at radius 2 is 1.80 bits per heavy atom. The van der Waals surface area contributed by atoms with Gasteiger partial charge in [0.25, 0.3) is 0 Å². The number of aliphatic carboxylic acids is 1. The third kappa shape index (κ3) is 2.52. The SMILES string of the molecule is CC(=CC(=O)O)CNC12CC3CC(C)(CC(C)(C3)C1)C2. The van der Waals surface area contributed by atoms with Gasteiger partial charge < -0.3 is 10.4 Å². The third-order valence-corrected chi connectivity index (χ3v) is 5.74. The van der Waals surface area contributed by atoms with E-state index >= 15 is 0 Å². The van der Waals surface area contributed by atoms with Crippen LogP contribution in [0.5, 0.6) is 0 Å². The van der Waals surface area contributed by atoms with E-state index in [1.54, 1.807) is 0 Å².